The van der Waals surface area contributed by atoms with Crippen LogP contribution in [0.15, 0.2) is 29.3 Å². The third-order valence-electron chi connectivity index (χ3n) is 4.13. The van der Waals surface area contributed by atoms with E-state index in [1.54, 1.807) is 0 Å². The van der Waals surface area contributed by atoms with Crippen LogP contribution in [-0.4, -0.2) is 18.6 Å². The Hall–Kier alpha value is -0.820. The maximum absolute atomic E-state index is 6.02. The molecule has 0 aliphatic heterocycles. The Morgan fingerprint density at radius 1 is 1.13 bits per heavy atom. The number of rotatable bonds is 6. The summed E-state index contributed by atoms with van der Waals surface area (Å²) in [5, 5.41) is 3.38. The number of halogens is 1. The summed E-state index contributed by atoms with van der Waals surface area (Å²) >= 11 is 0. The summed E-state index contributed by atoms with van der Waals surface area (Å²) in [6, 6.07) is 8.87. The van der Waals surface area contributed by atoms with E-state index in [9.17, 15) is 0 Å². The molecule has 3 N–H and O–H groups in total. The molecule has 23 heavy (non-hydrogen) atoms. The first-order valence-electron chi connectivity index (χ1n) is 8.50. The zero-order chi connectivity index (χ0) is 15.6. The smallest absolute Gasteiger partial charge is 0.189 e. The van der Waals surface area contributed by atoms with Gasteiger partial charge in [-0.15, -0.1) is 24.0 Å². The number of hydrogen-bond donors (Lipinski definition) is 2. The van der Waals surface area contributed by atoms with E-state index in [1.165, 1.54) is 49.7 Å². The minimum atomic E-state index is 0. The lowest BCUT2D eigenvalue weighted by atomic mass is 10.1. The maximum Gasteiger partial charge on any atom is 0.189 e. The van der Waals surface area contributed by atoms with Crippen molar-refractivity contribution in [3.05, 3.63) is 35.4 Å². The third-order valence-corrected chi connectivity index (χ3v) is 4.13. The van der Waals surface area contributed by atoms with Crippen molar-refractivity contribution in [3.8, 4) is 0 Å². The summed E-state index contributed by atoms with van der Waals surface area (Å²) in [7, 11) is 0. The number of hydrogen-bond acceptors (Lipinski definition) is 2. The quantitative estimate of drug-likeness (QED) is 0.310. The van der Waals surface area contributed by atoms with E-state index in [0.29, 0.717) is 25.2 Å². The highest BCUT2D eigenvalue weighted by Crippen LogP contribution is 2.17. The van der Waals surface area contributed by atoms with Gasteiger partial charge in [0.15, 0.2) is 5.96 Å². The van der Waals surface area contributed by atoms with Crippen LogP contribution in [0.1, 0.15) is 56.6 Å². The van der Waals surface area contributed by atoms with Crippen molar-refractivity contribution >= 4 is 29.9 Å². The van der Waals surface area contributed by atoms with Gasteiger partial charge in [-0.2, -0.15) is 0 Å². The van der Waals surface area contributed by atoms with Gasteiger partial charge in [0.05, 0.1) is 13.2 Å². The molecule has 0 amide bonds. The van der Waals surface area contributed by atoms with Crippen LogP contribution in [0.5, 0.6) is 0 Å². The number of nitrogens with two attached hydrogens (primary N) is 1. The highest BCUT2D eigenvalue weighted by molar-refractivity contribution is 14.0. The molecule has 0 aromatic heterocycles. The van der Waals surface area contributed by atoms with Gasteiger partial charge in [-0.3, -0.25) is 0 Å². The molecule has 130 valence electrons. The Morgan fingerprint density at radius 2 is 1.74 bits per heavy atom. The van der Waals surface area contributed by atoms with E-state index < -0.39 is 0 Å². The van der Waals surface area contributed by atoms with Gasteiger partial charge in [0.25, 0.3) is 0 Å². The normalized spacial score (nSPS) is 16.5. The number of benzene rings is 1. The zero-order valence-corrected chi connectivity index (χ0v) is 16.4. The van der Waals surface area contributed by atoms with Crippen molar-refractivity contribution in [3.63, 3.8) is 0 Å². The molecule has 4 nitrogen and oxygen atoms in total. The lowest BCUT2D eigenvalue weighted by Crippen LogP contribution is -2.39. The van der Waals surface area contributed by atoms with Crippen molar-refractivity contribution in [1.82, 2.24) is 5.32 Å². The fraction of sp³-hybridized carbons (Fsp3) is 0.611. The molecule has 0 bridgehead atoms. The Kier molecular flexibility index (Phi) is 10.3. The summed E-state index contributed by atoms with van der Waals surface area (Å²) in [6.45, 7) is 4.05. The van der Waals surface area contributed by atoms with Gasteiger partial charge < -0.3 is 15.8 Å². The van der Waals surface area contributed by atoms with Crippen molar-refractivity contribution in [2.45, 2.75) is 64.6 Å². The van der Waals surface area contributed by atoms with Crippen molar-refractivity contribution in [1.29, 1.82) is 0 Å². The van der Waals surface area contributed by atoms with Crippen molar-refractivity contribution < 1.29 is 4.74 Å². The average Bonchev–Trinajstić information content (AvgIpc) is 2.80. The maximum atomic E-state index is 6.02. The van der Waals surface area contributed by atoms with Gasteiger partial charge in [-0.1, -0.05) is 49.9 Å². The molecule has 0 saturated heterocycles. The predicted octanol–water partition coefficient (Wildman–Crippen LogP) is 3.97. The number of guanidine groups is 1. The van der Waals surface area contributed by atoms with Gasteiger partial charge in [0.1, 0.15) is 0 Å². The lowest BCUT2D eigenvalue weighted by molar-refractivity contribution is 0.134. The summed E-state index contributed by atoms with van der Waals surface area (Å²) in [5.74, 6) is 0.574. The molecule has 5 heteroatoms. The van der Waals surface area contributed by atoms with Crippen LogP contribution >= 0.6 is 24.0 Å². The molecule has 1 aromatic carbocycles. The van der Waals surface area contributed by atoms with E-state index in [2.05, 4.69) is 34.6 Å². The molecule has 1 saturated carbocycles. The first kappa shape index (κ1) is 20.2. The molecular weight excluding hydrogens is 401 g/mol. The summed E-state index contributed by atoms with van der Waals surface area (Å²) in [4.78, 5) is 4.46. The van der Waals surface area contributed by atoms with E-state index in [-0.39, 0.29) is 24.0 Å². The van der Waals surface area contributed by atoms with E-state index in [1.807, 2.05) is 6.92 Å². The van der Waals surface area contributed by atoms with Crippen LogP contribution in [0.4, 0.5) is 0 Å². The Bertz CT molecular complexity index is 454. The second-order valence-corrected chi connectivity index (χ2v) is 5.99. The van der Waals surface area contributed by atoms with Crippen molar-refractivity contribution in [2.24, 2.45) is 10.7 Å². The second kappa shape index (κ2) is 11.7. The third kappa shape index (κ3) is 8.01. The molecule has 1 fully saturated rings. The van der Waals surface area contributed by atoms with Gasteiger partial charge >= 0.3 is 0 Å². The van der Waals surface area contributed by atoms with Gasteiger partial charge in [-0.25, -0.2) is 4.99 Å². The molecule has 0 radical (unpaired) electrons. The SMILES string of the molecule is CCOCc1ccc(CN=C(N)NC2CCCCCC2)cc1.I. The molecule has 0 heterocycles. The van der Waals surface area contributed by atoms with Crippen LogP contribution in [0.2, 0.25) is 0 Å². The molecule has 1 aromatic rings. The van der Waals surface area contributed by atoms with E-state index in [4.69, 9.17) is 10.5 Å². The van der Waals surface area contributed by atoms with E-state index >= 15 is 0 Å². The minimum absolute atomic E-state index is 0. The number of ether oxygens (including phenoxy) is 1. The first-order valence-corrected chi connectivity index (χ1v) is 8.50. The number of aliphatic imine (C=N–C) groups is 1. The molecule has 0 atom stereocenters. The highest BCUT2D eigenvalue weighted by Gasteiger charge is 2.12. The van der Waals surface area contributed by atoms with Gasteiger partial charge in [-0.05, 0) is 30.9 Å². The fourth-order valence-corrected chi connectivity index (χ4v) is 2.82. The van der Waals surface area contributed by atoms with E-state index in [0.717, 1.165) is 6.61 Å². The highest BCUT2D eigenvalue weighted by atomic mass is 127. The monoisotopic (exact) mass is 431 g/mol. The average molecular weight is 431 g/mol. The molecule has 0 unspecified atom stereocenters. The molecule has 1 aliphatic carbocycles. The molecule has 0 spiro atoms. The number of nitrogens with zero attached hydrogens (tertiary/aromatic N) is 1. The Balaban J connectivity index is 0.00000264. The minimum Gasteiger partial charge on any atom is -0.377 e. The van der Waals surface area contributed by atoms with Gasteiger partial charge in [0, 0.05) is 12.6 Å². The fourth-order valence-electron chi connectivity index (χ4n) is 2.82. The van der Waals surface area contributed by atoms with Crippen LogP contribution < -0.4 is 11.1 Å². The van der Waals surface area contributed by atoms with Crippen LogP contribution in [0.3, 0.4) is 0 Å². The summed E-state index contributed by atoms with van der Waals surface area (Å²) in [6.07, 6.45) is 7.72. The molecule has 1 aliphatic rings. The second-order valence-electron chi connectivity index (χ2n) is 5.99. The van der Waals surface area contributed by atoms with Crippen molar-refractivity contribution in [2.75, 3.05) is 6.61 Å². The summed E-state index contributed by atoms with van der Waals surface area (Å²) in [5.41, 5.74) is 8.38. The van der Waals surface area contributed by atoms with Crippen LogP contribution in [-0.2, 0) is 17.9 Å². The topological polar surface area (TPSA) is 59.6 Å². The molecule has 2 rings (SSSR count). The Morgan fingerprint density at radius 3 is 2.35 bits per heavy atom. The van der Waals surface area contributed by atoms with Crippen LogP contribution in [0, 0.1) is 0 Å². The molecular formula is C18H30IN3O. The Labute approximate surface area is 157 Å². The lowest BCUT2D eigenvalue weighted by Gasteiger charge is -2.16. The van der Waals surface area contributed by atoms with Crippen LogP contribution in [0.25, 0.3) is 0 Å². The number of nitrogens with one attached hydrogen (secondary N) is 1. The van der Waals surface area contributed by atoms with Gasteiger partial charge in [0.2, 0.25) is 0 Å². The largest absolute Gasteiger partial charge is 0.377 e. The summed E-state index contributed by atoms with van der Waals surface area (Å²) < 4.78 is 5.39. The standard InChI is InChI=1S/C18H29N3O.HI/c1-2-22-14-16-11-9-15(10-12-16)13-20-18(19)21-17-7-5-3-4-6-8-17;/h9-12,17H,2-8,13-14H2,1H3,(H3,19,20,21);1H. The predicted molar refractivity (Wildman–Crippen MR) is 107 cm³/mol. The zero-order valence-electron chi connectivity index (χ0n) is 14.1. The first-order chi connectivity index (χ1) is 10.8.